The van der Waals surface area contributed by atoms with E-state index in [1.54, 1.807) is 6.07 Å². The highest BCUT2D eigenvalue weighted by Crippen LogP contribution is 2.17. The third kappa shape index (κ3) is 5.81. The molecule has 2 rings (SSSR count). The minimum Gasteiger partial charge on any atom is -0.355 e. The Kier molecular flexibility index (Phi) is 7.49. The van der Waals surface area contributed by atoms with E-state index in [0.29, 0.717) is 36.7 Å². The second-order valence-electron chi connectivity index (χ2n) is 5.66. The molecule has 1 heterocycles. The van der Waals surface area contributed by atoms with E-state index < -0.39 is 0 Å². The van der Waals surface area contributed by atoms with E-state index in [1.165, 1.54) is 16.9 Å². The zero-order chi connectivity index (χ0) is 17.2. The fourth-order valence-electron chi connectivity index (χ4n) is 2.49. The lowest BCUT2D eigenvalue weighted by Gasteiger charge is -2.16. The van der Waals surface area contributed by atoms with E-state index in [9.17, 15) is 9.59 Å². The molecule has 0 saturated heterocycles. The van der Waals surface area contributed by atoms with Gasteiger partial charge in [-0.25, -0.2) is 0 Å². The van der Waals surface area contributed by atoms with Crippen LogP contribution in [0.5, 0.6) is 0 Å². The number of carbonyl (C=O) groups excluding carboxylic acids is 2. The van der Waals surface area contributed by atoms with Crippen LogP contribution in [0.1, 0.15) is 47.3 Å². The summed E-state index contributed by atoms with van der Waals surface area (Å²) in [6.45, 7) is 3.30. The van der Waals surface area contributed by atoms with Crippen LogP contribution in [0, 0.1) is 0 Å². The van der Waals surface area contributed by atoms with Crippen LogP contribution in [0.15, 0.2) is 47.8 Å². The van der Waals surface area contributed by atoms with Gasteiger partial charge in [0.1, 0.15) is 0 Å². The number of nitrogens with one attached hydrogen (secondary N) is 2. The molecule has 0 radical (unpaired) electrons. The molecule has 128 valence electrons. The average Bonchev–Trinajstić information content (AvgIpc) is 3.15. The van der Waals surface area contributed by atoms with Gasteiger partial charge < -0.3 is 10.6 Å². The standard InChI is InChI=1S/C19H24N2O2S/c1-2-15(16-8-4-3-5-9-16)14-21-18(22)11-6-12-20-19(23)17-10-7-13-24-17/h3-5,7-10,13,15H,2,6,11-12,14H2,1H3,(H,20,23)(H,21,22). The topological polar surface area (TPSA) is 58.2 Å². The van der Waals surface area contributed by atoms with Crippen LogP contribution in [0.3, 0.4) is 0 Å². The van der Waals surface area contributed by atoms with Crippen molar-refractivity contribution in [2.75, 3.05) is 13.1 Å². The van der Waals surface area contributed by atoms with Gasteiger partial charge in [0, 0.05) is 25.4 Å². The van der Waals surface area contributed by atoms with Gasteiger partial charge in [0.2, 0.25) is 5.91 Å². The number of hydrogen-bond acceptors (Lipinski definition) is 3. The lowest BCUT2D eigenvalue weighted by molar-refractivity contribution is -0.121. The Bertz CT molecular complexity index is 626. The van der Waals surface area contributed by atoms with Crippen LogP contribution < -0.4 is 10.6 Å². The summed E-state index contributed by atoms with van der Waals surface area (Å²) in [5, 5.41) is 7.71. The van der Waals surface area contributed by atoms with Crippen LogP contribution in [0.4, 0.5) is 0 Å². The molecule has 1 unspecified atom stereocenters. The van der Waals surface area contributed by atoms with Gasteiger partial charge in [-0.15, -0.1) is 11.3 Å². The molecule has 0 fully saturated rings. The Morgan fingerprint density at radius 2 is 1.88 bits per heavy atom. The van der Waals surface area contributed by atoms with Gasteiger partial charge >= 0.3 is 0 Å². The Morgan fingerprint density at radius 1 is 1.08 bits per heavy atom. The van der Waals surface area contributed by atoms with Gasteiger partial charge in [0.05, 0.1) is 4.88 Å². The highest BCUT2D eigenvalue weighted by Gasteiger charge is 2.11. The normalized spacial score (nSPS) is 11.7. The molecule has 5 heteroatoms. The molecule has 2 amide bonds. The molecule has 0 bridgehead atoms. The Labute approximate surface area is 147 Å². The van der Waals surface area contributed by atoms with Gasteiger partial charge in [-0.1, -0.05) is 43.3 Å². The Balaban J connectivity index is 1.63. The molecule has 1 aromatic heterocycles. The second kappa shape index (κ2) is 9.88. The fraction of sp³-hybridized carbons (Fsp3) is 0.368. The third-order valence-electron chi connectivity index (χ3n) is 3.92. The first-order valence-corrected chi connectivity index (χ1v) is 9.22. The van der Waals surface area contributed by atoms with Crippen LogP contribution in [0.2, 0.25) is 0 Å². The quantitative estimate of drug-likeness (QED) is 0.683. The molecule has 0 saturated carbocycles. The average molecular weight is 344 g/mol. The number of hydrogen-bond donors (Lipinski definition) is 2. The van der Waals surface area contributed by atoms with Crippen LogP contribution >= 0.6 is 11.3 Å². The smallest absolute Gasteiger partial charge is 0.261 e. The van der Waals surface area contributed by atoms with Gasteiger partial charge in [-0.3, -0.25) is 9.59 Å². The first-order valence-electron chi connectivity index (χ1n) is 8.34. The summed E-state index contributed by atoms with van der Waals surface area (Å²) in [6.07, 6.45) is 2.06. The maximum absolute atomic E-state index is 11.9. The van der Waals surface area contributed by atoms with E-state index in [4.69, 9.17) is 0 Å². The molecule has 4 nitrogen and oxygen atoms in total. The summed E-state index contributed by atoms with van der Waals surface area (Å²) in [5.41, 5.74) is 1.25. The molecule has 24 heavy (non-hydrogen) atoms. The molecule has 0 spiro atoms. The highest BCUT2D eigenvalue weighted by molar-refractivity contribution is 7.12. The first-order chi connectivity index (χ1) is 11.7. The van der Waals surface area contributed by atoms with Crippen LogP contribution in [-0.4, -0.2) is 24.9 Å². The summed E-state index contributed by atoms with van der Waals surface area (Å²) >= 11 is 1.42. The van der Waals surface area contributed by atoms with Gasteiger partial charge in [-0.05, 0) is 29.9 Å². The summed E-state index contributed by atoms with van der Waals surface area (Å²) in [7, 11) is 0. The highest BCUT2D eigenvalue weighted by atomic mass is 32.1. The minimum absolute atomic E-state index is 0.0368. The monoisotopic (exact) mass is 344 g/mol. The summed E-state index contributed by atoms with van der Waals surface area (Å²) < 4.78 is 0. The van der Waals surface area contributed by atoms with Crippen molar-refractivity contribution in [1.29, 1.82) is 0 Å². The second-order valence-corrected chi connectivity index (χ2v) is 6.60. The van der Waals surface area contributed by atoms with Crippen molar-refractivity contribution in [1.82, 2.24) is 10.6 Å². The van der Waals surface area contributed by atoms with Crippen molar-refractivity contribution < 1.29 is 9.59 Å². The molecule has 0 aliphatic heterocycles. The number of thiophene rings is 1. The van der Waals surface area contributed by atoms with Crippen LogP contribution in [-0.2, 0) is 4.79 Å². The summed E-state index contributed by atoms with van der Waals surface area (Å²) in [6, 6.07) is 13.9. The van der Waals surface area contributed by atoms with E-state index in [0.717, 1.165) is 6.42 Å². The van der Waals surface area contributed by atoms with Crippen molar-refractivity contribution >= 4 is 23.2 Å². The van der Waals surface area contributed by atoms with Crippen LogP contribution in [0.25, 0.3) is 0 Å². The molecule has 1 aromatic carbocycles. The maximum Gasteiger partial charge on any atom is 0.261 e. The van der Waals surface area contributed by atoms with E-state index >= 15 is 0 Å². The summed E-state index contributed by atoms with van der Waals surface area (Å²) in [5.74, 6) is 0.309. The molecule has 2 N–H and O–H groups in total. The lowest BCUT2D eigenvalue weighted by atomic mass is 9.96. The maximum atomic E-state index is 11.9. The largest absolute Gasteiger partial charge is 0.355 e. The number of carbonyl (C=O) groups is 2. The number of amides is 2. The molecule has 1 atom stereocenters. The molecular formula is C19H24N2O2S. The SMILES string of the molecule is CCC(CNC(=O)CCCNC(=O)c1cccs1)c1ccccc1. The van der Waals surface area contributed by atoms with Crippen molar-refractivity contribution in [3.63, 3.8) is 0 Å². The van der Waals surface area contributed by atoms with Crippen molar-refractivity contribution in [3.8, 4) is 0 Å². The Hall–Kier alpha value is -2.14. The zero-order valence-corrected chi connectivity index (χ0v) is 14.8. The number of rotatable bonds is 9. The first kappa shape index (κ1) is 18.2. The Morgan fingerprint density at radius 3 is 2.54 bits per heavy atom. The minimum atomic E-state index is -0.0690. The van der Waals surface area contributed by atoms with E-state index in [1.807, 2.05) is 29.6 Å². The van der Waals surface area contributed by atoms with Crippen molar-refractivity contribution in [3.05, 3.63) is 58.3 Å². The molecule has 0 aliphatic carbocycles. The van der Waals surface area contributed by atoms with Gasteiger partial charge in [-0.2, -0.15) is 0 Å². The number of benzene rings is 1. The molecular weight excluding hydrogens is 320 g/mol. The van der Waals surface area contributed by atoms with Gasteiger partial charge in [0.15, 0.2) is 0 Å². The lowest BCUT2D eigenvalue weighted by Crippen LogP contribution is -2.29. The third-order valence-corrected chi connectivity index (χ3v) is 4.79. The summed E-state index contributed by atoms with van der Waals surface area (Å²) in [4.78, 5) is 24.4. The predicted octanol–water partition coefficient (Wildman–Crippen LogP) is 3.57. The van der Waals surface area contributed by atoms with E-state index in [2.05, 4.69) is 29.7 Å². The van der Waals surface area contributed by atoms with Gasteiger partial charge in [0.25, 0.3) is 5.91 Å². The predicted molar refractivity (Wildman–Crippen MR) is 98.4 cm³/mol. The zero-order valence-electron chi connectivity index (χ0n) is 14.0. The molecule has 0 aliphatic rings. The van der Waals surface area contributed by atoms with Crippen molar-refractivity contribution in [2.24, 2.45) is 0 Å². The van der Waals surface area contributed by atoms with Crippen molar-refractivity contribution in [2.45, 2.75) is 32.1 Å². The van der Waals surface area contributed by atoms with E-state index in [-0.39, 0.29) is 11.8 Å². The fourth-order valence-corrected chi connectivity index (χ4v) is 3.13. The molecule has 2 aromatic rings.